The molecule has 0 aliphatic heterocycles. The standard InChI is InChI=1S/C25H34N4O3S/c30-22(26-18-9-3-1-4-10-18)15-16-29-24(32)20-13-7-8-14-21(20)28-25(29)33-17-23(31)27-19-11-5-2-6-12-19/h7-8,13-14,18-19H,1-6,9-12,15-17H2,(H,26,30)(H,27,31). The van der Waals surface area contributed by atoms with Crippen LogP contribution in [0.3, 0.4) is 0 Å². The zero-order valence-corrected chi connectivity index (χ0v) is 20.0. The fourth-order valence-electron chi connectivity index (χ4n) is 4.86. The van der Waals surface area contributed by atoms with E-state index in [9.17, 15) is 14.4 Å². The highest BCUT2D eigenvalue weighted by atomic mass is 32.2. The molecule has 2 aromatic rings. The van der Waals surface area contributed by atoms with Gasteiger partial charge >= 0.3 is 0 Å². The van der Waals surface area contributed by atoms with Crippen molar-refractivity contribution >= 4 is 34.5 Å². The highest BCUT2D eigenvalue weighted by Gasteiger charge is 2.19. The lowest BCUT2D eigenvalue weighted by Crippen LogP contribution is -2.38. The van der Waals surface area contributed by atoms with Crippen LogP contribution in [0.2, 0.25) is 0 Å². The van der Waals surface area contributed by atoms with E-state index in [1.807, 2.05) is 18.2 Å². The number of carbonyl (C=O) groups is 2. The van der Waals surface area contributed by atoms with Crippen molar-refractivity contribution in [3.63, 3.8) is 0 Å². The third-order valence-corrected chi connectivity index (χ3v) is 7.64. The molecule has 2 saturated carbocycles. The Hall–Kier alpha value is -2.35. The number of amides is 2. The molecule has 0 bridgehead atoms. The first-order valence-corrected chi connectivity index (χ1v) is 13.3. The number of benzene rings is 1. The van der Waals surface area contributed by atoms with Gasteiger partial charge in [0.05, 0.1) is 16.7 Å². The Morgan fingerprint density at radius 3 is 2.18 bits per heavy atom. The van der Waals surface area contributed by atoms with Crippen molar-refractivity contribution in [3.8, 4) is 0 Å². The van der Waals surface area contributed by atoms with Crippen LogP contribution < -0.4 is 16.2 Å². The van der Waals surface area contributed by atoms with E-state index in [-0.39, 0.29) is 48.2 Å². The van der Waals surface area contributed by atoms with Crippen molar-refractivity contribution in [2.75, 3.05) is 5.75 Å². The van der Waals surface area contributed by atoms with E-state index < -0.39 is 0 Å². The second-order valence-electron chi connectivity index (χ2n) is 9.21. The molecule has 2 aliphatic carbocycles. The van der Waals surface area contributed by atoms with Gasteiger partial charge in [0.25, 0.3) is 5.56 Å². The number of thioether (sulfide) groups is 1. The molecule has 1 aromatic heterocycles. The summed E-state index contributed by atoms with van der Waals surface area (Å²) < 4.78 is 1.56. The Morgan fingerprint density at radius 2 is 1.52 bits per heavy atom. The predicted octanol–water partition coefficient (Wildman–Crippen LogP) is 3.78. The fourth-order valence-corrected chi connectivity index (χ4v) is 5.70. The van der Waals surface area contributed by atoms with Gasteiger partial charge in [-0.2, -0.15) is 0 Å². The normalized spacial score (nSPS) is 17.7. The molecule has 1 heterocycles. The van der Waals surface area contributed by atoms with Gasteiger partial charge < -0.3 is 10.6 Å². The summed E-state index contributed by atoms with van der Waals surface area (Å²) in [4.78, 5) is 42.9. The van der Waals surface area contributed by atoms with E-state index in [0.29, 0.717) is 16.1 Å². The van der Waals surface area contributed by atoms with Crippen LogP contribution in [0.1, 0.15) is 70.6 Å². The minimum Gasteiger partial charge on any atom is -0.353 e. The number of nitrogens with one attached hydrogen (secondary N) is 2. The largest absolute Gasteiger partial charge is 0.353 e. The van der Waals surface area contributed by atoms with Gasteiger partial charge in [-0.15, -0.1) is 0 Å². The van der Waals surface area contributed by atoms with Crippen LogP contribution in [0.4, 0.5) is 0 Å². The summed E-state index contributed by atoms with van der Waals surface area (Å²) >= 11 is 1.27. The molecule has 0 saturated heterocycles. The van der Waals surface area contributed by atoms with Crippen LogP contribution in [0.25, 0.3) is 10.9 Å². The number of hydrogen-bond acceptors (Lipinski definition) is 5. The van der Waals surface area contributed by atoms with Crippen LogP contribution in [-0.4, -0.2) is 39.2 Å². The average molecular weight is 471 g/mol. The van der Waals surface area contributed by atoms with Crippen molar-refractivity contribution in [2.45, 2.75) is 94.4 Å². The van der Waals surface area contributed by atoms with Crippen molar-refractivity contribution < 1.29 is 9.59 Å². The predicted molar refractivity (Wildman–Crippen MR) is 131 cm³/mol. The SMILES string of the molecule is O=C(CCn1c(SCC(=O)NC2CCCCC2)nc2ccccc2c1=O)NC1CCCCC1. The van der Waals surface area contributed by atoms with Crippen LogP contribution in [0.15, 0.2) is 34.2 Å². The van der Waals surface area contributed by atoms with Gasteiger partial charge in [0.15, 0.2) is 5.16 Å². The first-order valence-electron chi connectivity index (χ1n) is 12.3. The summed E-state index contributed by atoms with van der Waals surface area (Å²) in [5.41, 5.74) is 0.446. The number of aromatic nitrogens is 2. The zero-order valence-electron chi connectivity index (χ0n) is 19.2. The molecule has 2 aliphatic rings. The number of para-hydroxylation sites is 1. The number of rotatable bonds is 8. The summed E-state index contributed by atoms with van der Waals surface area (Å²) in [6.45, 7) is 0.252. The smallest absolute Gasteiger partial charge is 0.262 e. The maximum absolute atomic E-state index is 13.2. The van der Waals surface area contributed by atoms with Gasteiger partial charge in [0.1, 0.15) is 0 Å². The van der Waals surface area contributed by atoms with Crippen molar-refractivity contribution in [2.24, 2.45) is 0 Å². The lowest BCUT2D eigenvalue weighted by Gasteiger charge is -2.23. The molecule has 7 nitrogen and oxygen atoms in total. The summed E-state index contributed by atoms with van der Waals surface area (Å²) in [7, 11) is 0. The molecule has 33 heavy (non-hydrogen) atoms. The third-order valence-electron chi connectivity index (χ3n) is 6.66. The van der Waals surface area contributed by atoms with Crippen molar-refractivity contribution in [1.82, 2.24) is 20.2 Å². The molecule has 8 heteroatoms. The molecular formula is C25H34N4O3S. The Kier molecular flexibility index (Phi) is 8.42. The average Bonchev–Trinajstić information content (AvgIpc) is 2.83. The van der Waals surface area contributed by atoms with Crippen LogP contribution in [0, 0.1) is 0 Å². The number of nitrogens with zero attached hydrogens (tertiary/aromatic N) is 2. The molecular weight excluding hydrogens is 436 g/mol. The molecule has 2 amide bonds. The summed E-state index contributed by atoms with van der Waals surface area (Å²) in [5, 5.41) is 7.25. The van der Waals surface area contributed by atoms with Crippen LogP contribution in [0.5, 0.6) is 0 Å². The quantitative estimate of drug-likeness (QED) is 0.452. The Morgan fingerprint density at radius 1 is 0.909 bits per heavy atom. The summed E-state index contributed by atoms with van der Waals surface area (Å²) in [5.74, 6) is 0.138. The van der Waals surface area contributed by atoms with Gasteiger partial charge in [-0.1, -0.05) is 62.4 Å². The molecule has 2 N–H and O–H groups in total. The highest BCUT2D eigenvalue weighted by Crippen LogP contribution is 2.21. The monoisotopic (exact) mass is 470 g/mol. The van der Waals surface area contributed by atoms with Crippen LogP contribution >= 0.6 is 11.8 Å². The maximum atomic E-state index is 13.2. The lowest BCUT2D eigenvalue weighted by molar-refractivity contribution is -0.122. The number of carbonyl (C=O) groups excluding carboxylic acids is 2. The van der Waals surface area contributed by atoms with E-state index >= 15 is 0 Å². The molecule has 0 unspecified atom stereocenters. The van der Waals surface area contributed by atoms with Gasteiger partial charge in [-0.3, -0.25) is 19.0 Å². The number of hydrogen-bond donors (Lipinski definition) is 2. The Labute approximate surface area is 199 Å². The lowest BCUT2D eigenvalue weighted by atomic mass is 9.95. The van der Waals surface area contributed by atoms with E-state index in [2.05, 4.69) is 15.6 Å². The van der Waals surface area contributed by atoms with E-state index in [1.54, 1.807) is 10.6 Å². The van der Waals surface area contributed by atoms with E-state index in [1.165, 1.54) is 24.6 Å². The summed E-state index contributed by atoms with van der Waals surface area (Å²) in [6.07, 6.45) is 11.4. The van der Waals surface area contributed by atoms with Gasteiger partial charge in [-0.05, 0) is 37.8 Å². The van der Waals surface area contributed by atoms with E-state index in [0.717, 1.165) is 51.4 Å². The molecule has 0 atom stereocenters. The molecule has 0 radical (unpaired) electrons. The molecule has 178 valence electrons. The van der Waals surface area contributed by atoms with Crippen molar-refractivity contribution in [3.05, 3.63) is 34.6 Å². The molecule has 1 aromatic carbocycles. The highest BCUT2D eigenvalue weighted by molar-refractivity contribution is 7.99. The van der Waals surface area contributed by atoms with E-state index in [4.69, 9.17) is 0 Å². The van der Waals surface area contributed by atoms with Crippen LogP contribution in [-0.2, 0) is 16.1 Å². The van der Waals surface area contributed by atoms with Gasteiger partial charge in [0.2, 0.25) is 11.8 Å². The third kappa shape index (κ3) is 6.59. The minimum atomic E-state index is -0.166. The summed E-state index contributed by atoms with van der Waals surface area (Å²) in [6, 6.07) is 7.73. The Balaban J connectivity index is 1.43. The molecule has 0 spiro atoms. The topological polar surface area (TPSA) is 93.1 Å². The van der Waals surface area contributed by atoms with Gasteiger partial charge in [0, 0.05) is 25.0 Å². The second kappa shape index (κ2) is 11.7. The van der Waals surface area contributed by atoms with Gasteiger partial charge in [-0.25, -0.2) is 4.98 Å². The maximum Gasteiger partial charge on any atom is 0.262 e. The molecule has 4 rings (SSSR count). The Bertz CT molecular complexity index is 1030. The number of fused-ring (bicyclic) bond motifs is 1. The first kappa shape index (κ1) is 23.8. The zero-order chi connectivity index (χ0) is 23.0. The minimum absolute atomic E-state index is 0.0316. The fraction of sp³-hybridized carbons (Fsp3) is 0.600. The first-order chi connectivity index (χ1) is 16.1. The second-order valence-corrected chi connectivity index (χ2v) is 10.2. The molecule has 2 fully saturated rings. The van der Waals surface area contributed by atoms with Crippen molar-refractivity contribution in [1.29, 1.82) is 0 Å².